The number of piperazine rings is 1. The Bertz CT molecular complexity index is 747. The molecule has 3 heterocycles. The Morgan fingerprint density at radius 1 is 1.13 bits per heavy atom. The molecule has 0 aromatic carbocycles. The fraction of sp³-hybridized carbons (Fsp3) is 0.353. The second kappa shape index (κ2) is 6.34. The van der Waals surface area contributed by atoms with Gasteiger partial charge in [0.1, 0.15) is 5.56 Å². The van der Waals surface area contributed by atoms with E-state index in [9.17, 15) is 9.59 Å². The van der Waals surface area contributed by atoms with E-state index >= 15 is 0 Å². The molecular formula is C17H20N4O2. The van der Waals surface area contributed by atoms with Gasteiger partial charge in [-0.1, -0.05) is 0 Å². The Morgan fingerprint density at radius 3 is 2.39 bits per heavy atom. The van der Waals surface area contributed by atoms with Crippen molar-refractivity contribution in [3.05, 3.63) is 52.6 Å². The van der Waals surface area contributed by atoms with Gasteiger partial charge in [0.05, 0.1) is 0 Å². The van der Waals surface area contributed by atoms with E-state index in [0.29, 0.717) is 18.8 Å². The summed E-state index contributed by atoms with van der Waals surface area (Å²) in [5.74, 6) is -0.215. The number of H-pyrrole nitrogens is 1. The van der Waals surface area contributed by atoms with Crippen molar-refractivity contribution in [2.45, 2.75) is 25.9 Å². The molecule has 0 radical (unpaired) electrons. The molecule has 23 heavy (non-hydrogen) atoms. The number of hydrogen-bond acceptors (Lipinski definition) is 4. The van der Waals surface area contributed by atoms with Gasteiger partial charge in [-0.25, -0.2) is 0 Å². The predicted octanol–water partition coefficient (Wildman–Crippen LogP) is 1.26. The SMILES string of the molecule is CC1CN(C(=O)c2ccc(-c3ccncc3)[nH]c2=O)CC(C)N1. The maximum Gasteiger partial charge on any atom is 0.261 e. The molecule has 0 saturated carbocycles. The Hall–Kier alpha value is -2.47. The number of rotatable bonds is 2. The molecule has 0 aliphatic carbocycles. The summed E-state index contributed by atoms with van der Waals surface area (Å²) >= 11 is 0. The number of amides is 1. The smallest absolute Gasteiger partial charge is 0.261 e. The van der Waals surface area contributed by atoms with Crippen molar-refractivity contribution in [1.82, 2.24) is 20.2 Å². The van der Waals surface area contributed by atoms with Crippen molar-refractivity contribution in [3.63, 3.8) is 0 Å². The molecule has 2 unspecified atom stereocenters. The van der Waals surface area contributed by atoms with E-state index in [0.717, 1.165) is 5.56 Å². The Morgan fingerprint density at radius 2 is 1.78 bits per heavy atom. The third-order valence-corrected chi connectivity index (χ3v) is 3.98. The molecule has 1 fully saturated rings. The van der Waals surface area contributed by atoms with Gasteiger partial charge in [-0.05, 0) is 38.1 Å². The second-order valence-electron chi connectivity index (χ2n) is 6.03. The summed E-state index contributed by atoms with van der Waals surface area (Å²) in [5, 5.41) is 3.37. The fourth-order valence-corrected chi connectivity index (χ4v) is 3.00. The van der Waals surface area contributed by atoms with Crippen LogP contribution < -0.4 is 10.9 Å². The van der Waals surface area contributed by atoms with Crippen LogP contribution in [-0.4, -0.2) is 45.9 Å². The molecule has 2 atom stereocenters. The molecule has 6 heteroatoms. The zero-order valence-corrected chi connectivity index (χ0v) is 13.2. The molecule has 2 aromatic heterocycles. The normalized spacial score (nSPS) is 21.2. The van der Waals surface area contributed by atoms with E-state index in [1.807, 2.05) is 26.0 Å². The van der Waals surface area contributed by atoms with Crippen molar-refractivity contribution in [3.8, 4) is 11.3 Å². The summed E-state index contributed by atoms with van der Waals surface area (Å²) in [4.78, 5) is 33.4. The van der Waals surface area contributed by atoms with Crippen LogP contribution in [0.1, 0.15) is 24.2 Å². The zero-order chi connectivity index (χ0) is 16.4. The number of carbonyl (C=O) groups excluding carboxylic acids is 1. The zero-order valence-electron chi connectivity index (χ0n) is 13.2. The summed E-state index contributed by atoms with van der Waals surface area (Å²) in [7, 11) is 0. The first-order valence-corrected chi connectivity index (χ1v) is 7.73. The lowest BCUT2D eigenvalue weighted by molar-refractivity contribution is 0.0672. The van der Waals surface area contributed by atoms with Gasteiger partial charge in [0.2, 0.25) is 0 Å². The molecule has 0 spiro atoms. The lowest BCUT2D eigenvalue weighted by atomic mass is 10.1. The van der Waals surface area contributed by atoms with Gasteiger partial charge >= 0.3 is 0 Å². The highest BCUT2D eigenvalue weighted by molar-refractivity contribution is 5.94. The summed E-state index contributed by atoms with van der Waals surface area (Å²) in [5.41, 5.74) is 1.36. The molecule has 3 rings (SSSR count). The highest BCUT2D eigenvalue weighted by Gasteiger charge is 2.26. The van der Waals surface area contributed by atoms with Crippen LogP contribution in [-0.2, 0) is 0 Å². The summed E-state index contributed by atoms with van der Waals surface area (Å²) < 4.78 is 0. The number of aromatic amines is 1. The predicted molar refractivity (Wildman–Crippen MR) is 88.3 cm³/mol. The number of hydrogen-bond donors (Lipinski definition) is 2. The third kappa shape index (κ3) is 3.32. The second-order valence-corrected chi connectivity index (χ2v) is 6.03. The van der Waals surface area contributed by atoms with E-state index in [-0.39, 0.29) is 29.1 Å². The molecule has 2 aromatic rings. The molecule has 6 nitrogen and oxygen atoms in total. The van der Waals surface area contributed by atoms with Crippen LogP contribution in [0.5, 0.6) is 0 Å². The number of carbonyl (C=O) groups is 1. The van der Waals surface area contributed by atoms with Crippen LogP contribution in [0.4, 0.5) is 0 Å². The maximum absolute atomic E-state index is 12.6. The van der Waals surface area contributed by atoms with Crippen molar-refractivity contribution in [2.24, 2.45) is 0 Å². The van der Waals surface area contributed by atoms with Crippen molar-refractivity contribution in [1.29, 1.82) is 0 Å². The molecule has 120 valence electrons. The van der Waals surface area contributed by atoms with Crippen LogP contribution in [0, 0.1) is 0 Å². The van der Waals surface area contributed by atoms with E-state index in [1.165, 1.54) is 0 Å². The van der Waals surface area contributed by atoms with E-state index < -0.39 is 0 Å². The molecule has 1 saturated heterocycles. The number of nitrogens with one attached hydrogen (secondary N) is 2. The lowest BCUT2D eigenvalue weighted by Gasteiger charge is -2.36. The summed E-state index contributed by atoms with van der Waals surface area (Å²) in [6.45, 7) is 5.28. The van der Waals surface area contributed by atoms with Crippen LogP contribution in [0.15, 0.2) is 41.5 Å². The monoisotopic (exact) mass is 312 g/mol. The van der Waals surface area contributed by atoms with Crippen molar-refractivity contribution in [2.75, 3.05) is 13.1 Å². The number of nitrogens with zero attached hydrogens (tertiary/aromatic N) is 2. The van der Waals surface area contributed by atoms with Crippen LogP contribution >= 0.6 is 0 Å². The topological polar surface area (TPSA) is 78.1 Å². The maximum atomic E-state index is 12.6. The highest BCUT2D eigenvalue weighted by Crippen LogP contribution is 2.15. The molecular weight excluding hydrogens is 292 g/mol. The summed E-state index contributed by atoms with van der Waals surface area (Å²) in [6, 6.07) is 7.43. The first kappa shape index (κ1) is 15.4. The Labute approximate surface area is 134 Å². The first-order valence-electron chi connectivity index (χ1n) is 7.73. The lowest BCUT2D eigenvalue weighted by Crippen LogP contribution is -2.56. The quantitative estimate of drug-likeness (QED) is 0.875. The average Bonchev–Trinajstić information content (AvgIpc) is 2.54. The number of pyridine rings is 2. The van der Waals surface area contributed by atoms with E-state index in [2.05, 4.69) is 15.3 Å². The largest absolute Gasteiger partial charge is 0.335 e. The van der Waals surface area contributed by atoms with Crippen LogP contribution in [0.3, 0.4) is 0 Å². The fourth-order valence-electron chi connectivity index (χ4n) is 3.00. The van der Waals surface area contributed by atoms with Crippen molar-refractivity contribution < 1.29 is 4.79 Å². The standard InChI is InChI=1S/C17H20N4O2/c1-11-9-21(10-12(2)19-11)17(23)14-3-4-15(20-16(14)22)13-5-7-18-8-6-13/h3-8,11-12,19H,9-10H2,1-2H3,(H,20,22). The molecule has 1 amide bonds. The molecule has 2 N–H and O–H groups in total. The van der Waals surface area contributed by atoms with E-state index in [1.54, 1.807) is 29.4 Å². The molecule has 1 aliphatic rings. The van der Waals surface area contributed by atoms with Gasteiger partial charge in [0.25, 0.3) is 11.5 Å². The van der Waals surface area contributed by atoms with Gasteiger partial charge < -0.3 is 15.2 Å². The number of aromatic nitrogens is 2. The summed E-state index contributed by atoms with van der Waals surface area (Å²) in [6.07, 6.45) is 3.33. The molecule has 0 bridgehead atoms. The minimum absolute atomic E-state index is 0.184. The Balaban J connectivity index is 1.86. The van der Waals surface area contributed by atoms with E-state index in [4.69, 9.17) is 0 Å². The minimum Gasteiger partial charge on any atom is -0.335 e. The minimum atomic E-state index is -0.358. The van der Waals surface area contributed by atoms with Gasteiger partial charge in [-0.2, -0.15) is 0 Å². The van der Waals surface area contributed by atoms with Crippen LogP contribution in [0.2, 0.25) is 0 Å². The Kier molecular flexibility index (Phi) is 4.25. The highest BCUT2D eigenvalue weighted by atomic mass is 16.2. The van der Waals surface area contributed by atoms with Crippen LogP contribution in [0.25, 0.3) is 11.3 Å². The van der Waals surface area contributed by atoms with Gasteiger partial charge in [-0.3, -0.25) is 14.6 Å². The van der Waals surface area contributed by atoms with Gasteiger partial charge in [-0.15, -0.1) is 0 Å². The molecule has 1 aliphatic heterocycles. The van der Waals surface area contributed by atoms with Gasteiger partial charge in [0.15, 0.2) is 0 Å². The van der Waals surface area contributed by atoms with Gasteiger partial charge in [0, 0.05) is 48.8 Å². The average molecular weight is 312 g/mol. The third-order valence-electron chi connectivity index (χ3n) is 3.98. The van der Waals surface area contributed by atoms with Crippen molar-refractivity contribution >= 4 is 5.91 Å². The first-order chi connectivity index (χ1) is 11.0.